The molecule has 2 rings (SSSR count). The summed E-state index contributed by atoms with van der Waals surface area (Å²) in [5, 5.41) is 3.51. The molecule has 1 unspecified atom stereocenters. The molecular formula is C14H19ClFN. The van der Waals surface area contributed by atoms with E-state index in [4.69, 9.17) is 11.6 Å². The van der Waals surface area contributed by atoms with Gasteiger partial charge in [0.2, 0.25) is 0 Å². The van der Waals surface area contributed by atoms with Crippen LogP contribution in [0.3, 0.4) is 0 Å². The number of hydrogen-bond acceptors (Lipinski definition) is 1. The van der Waals surface area contributed by atoms with E-state index in [1.54, 1.807) is 6.07 Å². The van der Waals surface area contributed by atoms with Crippen LogP contribution in [0.1, 0.15) is 31.2 Å². The van der Waals surface area contributed by atoms with Gasteiger partial charge in [-0.2, -0.15) is 0 Å². The minimum atomic E-state index is -0.261. The Morgan fingerprint density at radius 2 is 2.24 bits per heavy atom. The molecule has 0 aliphatic heterocycles. The van der Waals surface area contributed by atoms with E-state index in [1.165, 1.54) is 19.3 Å². The second kappa shape index (κ2) is 5.83. The highest BCUT2D eigenvalue weighted by molar-refractivity contribution is 6.30. The molecule has 0 aromatic heterocycles. The summed E-state index contributed by atoms with van der Waals surface area (Å²) < 4.78 is 13.8. The molecule has 1 nitrogen and oxygen atoms in total. The highest BCUT2D eigenvalue weighted by Gasteiger charge is 2.22. The van der Waals surface area contributed by atoms with Gasteiger partial charge in [0.05, 0.1) is 5.02 Å². The zero-order chi connectivity index (χ0) is 12.3. The van der Waals surface area contributed by atoms with Gasteiger partial charge in [-0.3, -0.25) is 0 Å². The molecule has 1 aliphatic rings. The smallest absolute Gasteiger partial charge is 0.145 e. The Bertz CT molecular complexity index is 376. The summed E-state index contributed by atoms with van der Waals surface area (Å²) in [5.74, 6) is 0.567. The van der Waals surface area contributed by atoms with Crippen molar-refractivity contribution in [3.8, 4) is 0 Å². The van der Waals surface area contributed by atoms with Crippen LogP contribution >= 0.6 is 11.6 Å². The van der Waals surface area contributed by atoms with Crippen LogP contribution in [0.25, 0.3) is 0 Å². The van der Waals surface area contributed by atoms with Crippen molar-refractivity contribution in [3.05, 3.63) is 34.6 Å². The molecule has 0 amide bonds. The second-order valence-electron chi connectivity index (χ2n) is 4.94. The third-order valence-electron chi connectivity index (χ3n) is 3.75. The van der Waals surface area contributed by atoms with Crippen molar-refractivity contribution in [2.24, 2.45) is 5.92 Å². The van der Waals surface area contributed by atoms with Gasteiger partial charge < -0.3 is 5.32 Å². The summed E-state index contributed by atoms with van der Waals surface area (Å²) in [4.78, 5) is 0. The summed E-state index contributed by atoms with van der Waals surface area (Å²) in [6.07, 6.45) is 5.88. The van der Waals surface area contributed by atoms with Crippen molar-refractivity contribution in [2.45, 2.75) is 38.1 Å². The van der Waals surface area contributed by atoms with E-state index >= 15 is 0 Å². The number of hydrogen-bond donors (Lipinski definition) is 1. The zero-order valence-electron chi connectivity index (χ0n) is 10.2. The molecule has 0 radical (unpaired) electrons. The summed E-state index contributed by atoms with van der Waals surface area (Å²) in [6.45, 7) is 0. The summed E-state index contributed by atoms with van der Waals surface area (Å²) in [6, 6.07) is 5.59. The fourth-order valence-electron chi connectivity index (χ4n) is 2.41. The normalized spacial score (nSPS) is 17.8. The Morgan fingerprint density at radius 3 is 2.82 bits per heavy atom. The number of likely N-dealkylation sites (N-methyl/N-ethyl adjacent to an activating group) is 1. The Hall–Kier alpha value is -0.600. The van der Waals surface area contributed by atoms with E-state index in [1.807, 2.05) is 19.2 Å². The maximum absolute atomic E-state index is 13.8. The molecule has 1 fully saturated rings. The summed E-state index contributed by atoms with van der Waals surface area (Å²) in [7, 11) is 1.95. The zero-order valence-corrected chi connectivity index (χ0v) is 10.9. The third kappa shape index (κ3) is 3.20. The van der Waals surface area contributed by atoms with Gasteiger partial charge in [0.1, 0.15) is 5.82 Å². The van der Waals surface area contributed by atoms with E-state index in [2.05, 4.69) is 5.32 Å². The number of benzene rings is 1. The Morgan fingerprint density at radius 1 is 1.47 bits per heavy atom. The topological polar surface area (TPSA) is 12.0 Å². The third-order valence-corrected chi connectivity index (χ3v) is 4.04. The van der Waals surface area contributed by atoms with Crippen molar-refractivity contribution in [1.29, 1.82) is 0 Å². The Kier molecular flexibility index (Phi) is 4.41. The van der Waals surface area contributed by atoms with Crippen molar-refractivity contribution in [1.82, 2.24) is 5.32 Å². The molecule has 94 valence electrons. The van der Waals surface area contributed by atoms with Gasteiger partial charge in [0, 0.05) is 6.04 Å². The van der Waals surface area contributed by atoms with Crippen LogP contribution in [0.2, 0.25) is 5.02 Å². The predicted molar refractivity (Wildman–Crippen MR) is 69.9 cm³/mol. The number of rotatable bonds is 5. The maximum atomic E-state index is 13.8. The molecule has 1 atom stereocenters. The van der Waals surface area contributed by atoms with Crippen LogP contribution in [0.5, 0.6) is 0 Å². The molecular weight excluding hydrogens is 237 g/mol. The maximum Gasteiger partial charge on any atom is 0.145 e. The molecule has 1 N–H and O–H groups in total. The minimum Gasteiger partial charge on any atom is -0.317 e. The van der Waals surface area contributed by atoms with Crippen LogP contribution in [0.15, 0.2) is 18.2 Å². The lowest BCUT2D eigenvalue weighted by molar-refractivity contribution is 0.263. The molecule has 0 saturated heterocycles. The van der Waals surface area contributed by atoms with Crippen LogP contribution in [0, 0.1) is 11.7 Å². The lowest BCUT2D eigenvalue weighted by Crippen LogP contribution is -2.32. The fraction of sp³-hybridized carbons (Fsp3) is 0.571. The first-order valence-electron chi connectivity index (χ1n) is 6.31. The lowest BCUT2D eigenvalue weighted by Gasteiger charge is -2.29. The Balaban J connectivity index is 1.99. The van der Waals surface area contributed by atoms with Crippen LogP contribution < -0.4 is 5.32 Å². The van der Waals surface area contributed by atoms with Gasteiger partial charge in [0.15, 0.2) is 0 Å². The molecule has 3 heteroatoms. The molecule has 1 saturated carbocycles. The van der Waals surface area contributed by atoms with Crippen molar-refractivity contribution < 1.29 is 4.39 Å². The average Bonchev–Trinajstić information content (AvgIpc) is 2.27. The van der Waals surface area contributed by atoms with Gasteiger partial charge in [-0.1, -0.05) is 43.0 Å². The van der Waals surface area contributed by atoms with E-state index in [0.29, 0.717) is 6.04 Å². The van der Waals surface area contributed by atoms with Gasteiger partial charge in [-0.05, 0) is 37.4 Å². The van der Waals surface area contributed by atoms with Crippen molar-refractivity contribution in [3.63, 3.8) is 0 Å². The number of nitrogens with one attached hydrogen (secondary N) is 1. The summed E-state index contributed by atoms with van der Waals surface area (Å²) in [5.41, 5.74) is 0.719. The predicted octanol–water partition coefficient (Wildman–Crippen LogP) is 3.80. The van der Waals surface area contributed by atoms with Crippen LogP contribution in [-0.4, -0.2) is 13.1 Å². The fourth-order valence-corrected chi connectivity index (χ4v) is 2.60. The van der Waals surface area contributed by atoms with Crippen molar-refractivity contribution >= 4 is 11.6 Å². The quantitative estimate of drug-likeness (QED) is 0.844. The van der Waals surface area contributed by atoms with Crippen LogP contribution in [-0.2, 0) is 6.42 Å². The number of halogens is 2. The van der Waals surface area contributed by atoms with Crippen molar-refractivity contribution in [2.75, 3.05) is 7.05 Å². The molecule has 1 aliphatic carbocycles. The van der Waals surface area contributed by atoms with Crippen LogP contribution in [0.4, 0.5) is 4.39 Å². The highest BCUT2D eigenvalue weighted by atomic mass is 35.5. The van der Waals surface area contributed by atoms with Gasteiger partial charge >= 0.3 is 0 Å². The first-order valence-corrected chi connectivity index (χ1v) is 6.68. The van der Waals surface area contributed by atoms with E-state index in [0.717, 1.165) is 24.3 Å². The largest absolute Gasteiger partial charge is 0.317 e. The molecule has 0 heterocycles. The molecule has 0 spiro atoms. The SMILES string of the molecule is CNC(Cc1cccc(Cl)c1F)CC1CCC1. The Labute approximate surface area is 107 Å². The highest BCUT2D eigenvalue weighted by Crippen LogP contribution is 2.31. The second-order valence-corrected chi connectivity index (χ2v) is 5.34. The first-order chi connectivity index (χ1) is 8.20. The standard InChI is InChI=1S/C14H19ClFN/c1-17-12(8-10-4-2-5-10)9-11-6-3-7-13(15)14(11)16/h3,6-7,10,12,17H,2,4-5,8-9H2,1H3. The molecule has 1 aromatic rings. The van der Waals surface area contributed by atoms with E-state index in [-0.39, 0.29) is 10.8 Å². The van der Waals surface area contributed by atoms with Gasteiger partial charge in [-0.15, -0.1) is 0 Å². The van der Waals surface area contributed by atoms with Gasteiger partial charge in [-0.25, -0.2) is 4.39 Å². The van der Waals surface area contributed by atoms with Gasteiger partial charge in [0.25, 0.3) is 0 Å². The molecule has 0 bridgehead atoms. The molecule has 1 aromatic carbocycles. The first kappa shape index (κ1) is 12.8. The lowest BCUT2D eigenvalue weighted by atomic mass is 9.80. The monoisotopic (exact) mass is 255 g/mol. The average molecular weight is 256 g/mol. The van der Waals surface area contributed by atoms with E-state index < -0.39 is 0 Å². The molecule has 17 heavy (non-hydrogen) atoms. The minimum absolute atomic E-state index is 0.223. The van der Waals surface area contributed by atoms with E-state index in [9.17, 15) is 4.39 Å². The summed E-state index contributed by atoms with van der Waals surface area (Å²) >= 11 is 5.79.